The molecule has 4 aromatic rings. The maximum atomic E-state index is 13.5. The van der Waals surface area contributed by atoms with Crippen molar-refractivity contribution in [2.45, 2.75) is 39.5 Å². The highest BCUT2D eigenvalue weighted by atomic mass is 35.5. The van der Waals surface area contributed by atoms with Gasteiger partial charge in [0.15, 0.2) is 0 Å². The van der Waals surface area contributed by atoms with Crippen LogP contribution in [0.4, 0.5) is 30.5 Å². The molecule has 0 bridgehead atoms. The molecule has 0 unspecified atom stereocenters. The molecule has 0 atom stereocenters. The summed E-state index contributed by atoms with van der Waals surface area (Å²) in [7, 11) is 0. The molecular weight excluding hydrogens is 610 g/mol. The molecule has 0 fully saturated rings. The third-order valence-corrected chi connectivity index (χ3v) is 6.31. The Balaban J connectivity index is 0.00000506. The molecule has 0 saturated carbocycles. The molecule has 0 spiro atoms. The Morgan fingerprint density at radius 3 is 2.30 bits per heavy atom. The van der Waals surface area contributed by atoms with Crippen LogP contribution in [0.2, 0.25) is 5.02 Å². The molecule has 0 saturated heterocycles. The number of rotatable bonds is 7. The van der Waals surface area contributed by atoms with Gasteiger partial charge in [-0.2, -0.15) is 13.2 Å². The fourth-order valence-electron chi connectivity index (χ4n) is 4.04. The lowest BCUT2D eigenvalue weighted by atomic mass is 10.1. The van der Waals surface area contributed by atoms with Gasteiger partial charge in [0, 0.05) is 16.4 Å². The number of hydrogen-bond acceptors (Lipinski definition) is 6. The predicted molar refractivity (Wildman–Crippen MR) is 161 cm³/mol. The van der Waals surface area contributed by atoms with E-state index in [1.54, 1.807) is 45.9 Å². The van der Waals surface area contributed by atoms with Gasteiger partial charge in [-0.15, -0.1) is 12.4 Å². The maximum Gasteiger partial charge on any atom is 0.417 e. The number of benzene rings is 3. The molecule has 228 valence electrons. The van der Waals surface area contributed by atoms with E-state index >= 15 is 0 Å². The number of hydrogen-bond donors (Lipinski definition) is 4. The van der Waals surface area contributed by atoms with Crippen LogP contribution in [0, 0.1) is 6.92 Å². The van der Waals surface area contributed by atoms with Gasteiger partial charge in [0.05, 0.1) is 22.2 Å². The number of aromatic nitrogens is 2. The molecule has 2 amide bonds. The molecule has 3 aromatic carbocycles. The van der Waals surface area contributed by atoms with Crippen LogP contribution in [0.25, 0.3) is 11.0 Å². The number of imidazole rings is 1. The zero-order chi connectivity index (χ0) is 30.8. The Morgan fingerprint density at radius 2 is 1.63 bits per heavy atom. The van der Waals surface area contributed by atoms with Gasteiger partial charge in [0.1, 0.15) is 17.7 Å². The Hall–Kier alpha value is -4.29. The number of carbonyl (C=O) groups is 3. The van der Waals surface area contributed by atoms with E-state index in [9.17, 15) is 27.6 Å². The number of ether oxygens (including phenoxy) is 1. The largest absolute Gasteiger partial charge is 0.459 e. The van der Waals surface area contributed by atoms with E-state index in [0.29, 0.717) is 16.3 Å². The van der Waals surface area contributed by atoms with Gasteiger partial charge in [0.2, 0.25) is 5.95 Å². The molecule has 4 N–H and O–H groups in total. The van der Waals surface area contributed by atoms with Crippen LogP contribution in [-0.2, 0) is 15.7 Å². The van der Waals surface area contributed by atoms with E-state index in [-0.39, 0.29) is 47.2 Å². The third kappa shape index (κ3) is 8.17. The molecular formula is C29H28Cl2F3N5O4. The molecule has 43 heavy (non-hydrogen) atoms. The molecule has 0 aliphatic heterocycles. The molecule has 0 aliphatic rings. The van der Waals surface area contributed by atoms with Crippen molar-refractivity contribution in [1.29, 1.82) is 0 Å². The van der Waals surface area contributed by atoms with E-state index in [1.165, 1.54) is 24.3 Å². The van der Waals surface area contributed by atoms with Crippen LogP contribution >= 0.6 is 24.0 Å². The molecule has 0 radical (unpaired) electrons. The molecule has 14 heteroatoms. The summed E-state index contributed by atoms with van der Waals surface area (Å²) < 4.78 is 45.8. The maximum absolute atomic E-state index is 13.5. The van der Waals surface area contributed by atoms with Crippen molar-refractivity contribution in [3.8, 4) is 0 Å². The number of halogens is 5. The molecule has 4 rings (SSSR count). The minimum absolute atomic E-state index is 0. The number of carbonyl (C=O) groups excluding carboxylic acids is 3. The summed E-state index contributed by atoms with van der Waals surface area (Å²) in [6.45, 7) is 6.65. The van der Waals surface area contributed by atoms with Gasteiger partial charge in [-0.05, 0) is 69.7 Å². The lowest BCUT2D eigenvalue weighted by molar-refractivity contribution is -0.152. The summed E-state index contributed by atoms with van der Waals surface area (Å²) in [5.74, 6) is -2.08. The number of aromatic amines is 1. The van der Waals surface area contributed by atoms with E-state index in [1.807, 2.05) is 0 Å². The number of fused-ring (bicyclic) bond motifs is 1. The standard InChI is InChI=1S/C29H27ClF3N5O4.ClH/c1-15-20(30)10-7-11-21(15)36-26(41)18-12-16(35-25(40)17-8-5-6-9-19(17)29(31,32)33)13-22-24(18)38-27(37-22)34-14-23(39)42-28(2,3)4;/h5-13H,14H2,1-4H3,(H,35,40)(H,36,41)(H2,34,37,38);1H. The second-order valence-electron chi connectivity index (χ2n) is 10.3. The van der Waals surface area contributed by atoms with Crippen LogP contribution in [0.15, 0.2) is 54.6 Å². The van der Waals surface area contributed by atoms with Gasteiger partial charge in [-0.25, -0.2) is 4.98 Å². The number of esters is 1. The van der Waals surface area contributed by atoms with E-state index in [0.717, 1.165) is 12.1 Å². The van der Waals surface area contributed by atoms with Gasteiger partial charge < -0.3 is 25.7 Å². The average Bonchev–Trinajstić information content (AvgIpc) is 3.31. The average molecular weight is 638 g/mol. The minimum Gasteiger partial charge on any atom is -0.459 e. The number of nitrogens with zero attached hydrogens (tertiary/aromatic N) is 1. The van der Waals surface area contributed by atoms with Crippen LogP contribution in [0.5, 0.6) is 0 Å². The normalized spacial score (nSPS) is 11.4. The Labute approximate surface area is 256 Å². The number of H-pyrrole nitrogens is 1. The van der Waals surface area contributed by atoms with Gasteiger partial charge >= 0.3 is 12.1 Å². The summed E-state index contributed by atoms with van der Waals surface area (Å²) >= 11 is 6.19. The SMILES string of the molecule is Cc1c(Cl)cccc1NC(=O)c1cc(NC(=O)c2ccccc2C(F)(F)F)cc2[nH]c(NCC(=O)OC(C)(C)C)nc12.Cl. The highest BCUT2D eigenvalue weighted by Gasteiger charge is 2.35. The van der Waals surface area contributed by atoms with Crippen molar-refractivity contribution in [2.24, 2.45) is 0 Å². The Morgan fingerprint density at radius 1 is 0.953 bits per heavy atom. The van der Waals surface area contributed by atoms with Crippen LogP contribution in [0.3, 0.4) is 0 Å². The fourth-order valence-corrected chi connectivity index (χ4v) is 4.21. The summed E-state index contributed by atoms with van der Waals surface area (Å²) in [6, 6.07) is 12.0. The van der Waals surface area contributed by atoms with Crippen molar-refractivity contribution >= 4 is 70.1 Å². The first kappa shape index (κ1) is 33.2. The van der Waals surface area contributed by atoms with Crippen LogP contribution in [0.1, 0.15) is 52.6 Å². The summed E-state index contributed by atoms with van der Waals surface area (Å²) in [5.41, 5.74) is -0.902. The van der Waals surface area contributed by atoms with Crippen LogP contribution in [-0.4, -0.2) is 39.9 Å². The second kappa shape index (κ2) is 12.9. The number of alkyl halides is 3. The predicted octanol–water partition coefficient (Wildman–Crippen LogP) is 7.22. The topological polar surface area (TPSA) is 125 Å². The van der Waals surface area contributed by atoms with Gasteiger partial charge in [-0.1, -0.05) is 29.8 Å². The highest BCUT2D eigenvalue weighted by Crippen LogP contribution is 2.33. The molecule has 1 aromatic heterocycles. The highest BCUT2D eigenvalue weighted by molar-refractivity contribution is 6.32. The number of nitrogens with one attached hydrogen (secondary N) is 4. The number of anilines is 3. The zero-order valence-corrected chi connectivity index (χ0v) is 25.0. The Kier molecular flexibility index (Phi) is 9.98. The summed E-state index contributed by atoms with van der Waals surface area (Å²) in [4.78, 5) is 45.9. The molecule has 9 nitrogen and oxygen atoms in total. The van der Waals surface area contributed by atoms with Crippen molar-refractivity contribution in [3.05, 3.63) is 81.9 Å². The lowest BCUT2D eigenvalue weighted by Crippen LogP contribution is -2.28. The first-order chi connectivity index (χ1) is 19.6. The smallest absolute Gasteiger partial charge is 0.417 e. The molecule has 1 heterocycles. The monoisotopic (exact) mass is 637 g/mol. The Bertz CT molecular complexity index is 1680. The summed E-state index contributed by atoms with van der Waals surface area (Å²) in [6.07, 6.45) is -4.75. The van der Waals surface area contributed by atoms with Gasteiger partial charge in [-0.3, -0.25) is 14.4 Å². The van der Waals surface area contributed by atoms with E-state index in [4.69, 9.17) is 16.3 Å². The first-order valence-electron chi connectivity index (χ1n) is 12.7. The third-order valence-electron chi connectivity index (χ3n) is 5.90. The van der Waals surface area contributed by atoms with Crippen molar-refractivity contribution in [3.63, 3.8) is 0 Å². The van der Waals surface area contributed by atoms with Gasteiger partial charge in [0.25, 0.3) is 11.8 Å². The second-order valence-corrected chi connectivity index (χ2v) is 10.7. The van der Waals surface area contributed by atoms with Crippen molar-refractivity contribution in [1.82, 2.24) is 9.97 Å². The molecule has 0 aliphatic carbocycles. The summed E-state index contributed by atoms with van der Waals surface area (Å²) in [5, 5.41) is 8.42. The van der Waals surface area contributed by atoms with E-state index < -0.39 is 40.7 Å². The fraction of sp³-hybridized carbons (Fsp3) is 0.241. The number of amides is 2. The van der Waals surface area contributed by atoms with Crippen molar-refractivity contribution in [2.75, 3.05) is 22.5 Å². The van der Waals surface area contributed by atoms with Crippen molar-refractivity contribution < 1.29 is 32.3 Å². The first-order valence-corrected chi connectivity index (χ1v) is 13.0. The lowest BCUT2D eigenvalue weighted by Gasteiger charge is -2.19. The van der Waals surface area contributed by atoms with Crippen LogP contribution < -0.4 is 16.0 Å². The zero-order valence-electron chi connectivity index (χ0n) is 23.4. The van der Waals surface area contributed by atoms with E-state index in [2.05, 4.69) is 25.9 Å². The minimum atomic E-state index is -4.75. The quantitative estimate of drug-likeness (QED) is 0.159.